The monoisotopic (exact) mass is 298 g/mol. The predicted molar refractivity (Wildman–Crippen MR) is 79.3 cm³/mol. The number of amides is 1. The average molecular weight is 298 g/mol. The van der Waals surface area contributed by atoms with Gasteiger partial charge in [0.2, 0.25) is 5.91 Å². The molecule has 0 fully saturated rings. The number of ether oxygens (including phenoxy) is 1. The molecule has 1 aromatic heterocycles. The molecule has 112 valence electrons. The normalized spacial score (nSPS) is 13.8. The molecule has 1 amide bonds. The van der Waals surface area contributed by atoms with Crippen LogP contribution in [0.4, 0.5) is 0 Å². The molecule has 0 saturated heterocycles. The predicted octanol–water partition coefficient (Wildman–Crippen LogP) is 1.84. The molecule has 0 spiro atoms. The molecule has 5 nitrogen and oxygen atoms in total. The summed E-state index contributed by atoms with van der Waals surface area (Å²) in [5.74, 6) is -0.251. The number of nitrogens with one attached hydrogen (secondary N) is 1. The first-order chi connectivity index (χ1) is 9.43. The zero-order chi connectivity index (χ0) is 15.1. The number of hydrogen-bond acceptors (Lipinski definition) is 5. The molecule has 1 unspecified atom stereocenters. The van der Waals surface area contributed by atoms with Gasteiger partial charge in [-0.1, -0.05) is 19.9 Å². The minimum atomic E-state index is -0.560. The highest BCUT2D eigenvalue weighted by Crippen LogP contribution is 2.22. The summed E-state index contributed by atoms with van der Waals surface area (Å²) in [7, 11) is 1.33. The van der Waals surface area contributed by atoms with E-state index in [1.54, 1.807) is 0 Å². The Balaban J connectivity index is 2.70. The molecule has 1 rings (SSSR count). The topological polar surface area (TPSA) is 81.4 Å². The van der Waals surface area contributed by atoms with Crippen LogP contribution >= 0.6 is 11.3 Å². The van der Waals surface area contributed by atoms with E-state index in [9.17, 15) is 9.59 Å². The van der Waals surface area contributed by atoms with E-state index in [0.717, 1.165) is 4.88 Å². The molecule has 2 atom stereocenters. The van der Waals surface area contributed by atoms with Gasteiger partial charge in [-0.25, -0.2) is 0 Å². The molecule has 1 aromatic rings. The van der Waals surface area contributed by atoms with E-state index in [1.807, 2.05) is 31.4 Å². The number of esters is 1. The van der Waals surface area contributed by atoms with E-state index < -0.39 is 6.04 Å². The van der Waals surface area contributed by atoms with Crippen molar-refractivity contribution in [2.24, 2.45) is 11.7 Å². The van der Waals surface area contributed by atoms with Crippen LogP contribution < -0.4 is 11.1 Å². The van der Waals surface area contributed by atoms with Crippen molar-refractivity contribution in [3.63, 3.8) is 0 Å². The molecule has 20 heavy (non-hydrogen) atoms. The quantitative estimate of drug-likeness (QED) is 0.753. The molecule has 0 saturated carbocycles. The lowest BCUT2D eigenvalue weighted by atomic mass is 10.0. The number of carbonyl (C=O) groups excluding carboxylic acids is 2. The Kier molecular flexibility index (Phi) is 6.67. The third kappa shape index (κ3) is 5.30. The van der Waals surface area contributed by atoms with E-state index in [4.69, 9.17) is 5.73 Å². The van der Waals surface area contributed by atoms with Gasteiger partial charge in [0, 0.05) is 4.88 Å². The molecule has 6 heteroatoms. The maximum absolute atomic E-state index is 12.1. The molecule has 0 bridgehead atoms. The Labute approximate surface area is 123 Å². The van der Waals surface area contributed by atoms with Gasteiger partial charge < -0.3 is 15.8 Å². The lowest BCUT2D eigenvalue weighted by Crippen LogP contribution is -2.43. The lowest BCUT2D eigenvalue weighted by Gasteiger charge is -2.20. The fraction of sp³-hybridized carbons (Fsp3) is 0.571. The highest BCUT2D eigenvalue weighted by atomic mass is 32.1. The second kappa shape index (κ2) is 8.01. The van der Waals surface area contributed by atoms with E-state index in [2.05, 4.69) is 10.1 Å². The van der Waals surface area contributed by atoms with Gasteiger partial charge in [0.15, 0.2) is 0 Å². The summed E-state index contributed by atoms with van der Waals surface area (Å²) >= 11 is 1.49. The molecule has 3 N–H and O–H groups in total. The molecule has 0 aliphatic heterocycles. The van der Waals surface area contributed by atoms with Crippen LogP contribution in [0.1, 0.15) is 37.6 Å². The summed E-state index contributed by atoms with van der Waals surface area (Å²) in [6.07, 6.45) is 0.721. The number of thiophene rings is 1. The minimum Gasteiger partial charge on any atom is -0.469 e. The minimum absolute atomic E-state index is 0.108. The molecular formula is C14H22N2O3S. The third-order valence-electron chi connectivity index (χ3n) is 2.86. The molecule has 1 heterocycles. The Morgan fingerprint density at radius 1 is 1.45 bits per heavy atom. The van der Waals surface area contributed by atoms with Crippen LogP contribution in [-0.2, 0) is 14.3 Å². The first-order valence-electron chi connectivity index (χ1n) is 6.60. The van der Waals surface area contributed by atoms with Crippen molar-refractivity contribution in [1.29, 1.82) is 0 Å². The van der Waals surface area contributed by atoms with Crippen molar-refractivity contribution in [3.8, 4) is 0 Å². The van der Waals surface area contributed by atoms with Crippen molar-refractivity contribution in [1.82, 2.24) is 5.32 Å². The molecule has 0 radical (unpaired) electrons. The van der Waals surface area contributed by atoms with E-state index >= 15 is 0 Å². The summed E-state index contributed by atoms with van der Waals surface area (Å²) in [4.78, 5) is 24.4. The van der Waals surface area contributed by atoms with Crippen molar-refractivity contribution in [3.05, 3.63) is 22.4 Å². The molecule has 0 aliphatic rings. The Morgan fingerprint density at radius 3 is 2.65 bits per heavy atom. The van der Waals surface area contributed by atoms with E-state index in [0.29, 0.717) is 12.3 Å². The van der Waals surface area contributed by atoms with Crippen molar-refractivity contribution in [2.75, 3.05) is 7.11 Å². The zero-order valence-corrected chi connectivity index (χ0v) is 12.9. The maximum atomic E-state index is 12.1. The standard InChI is InChI=1S/C14H22N2O3S/c1-9(2)7-10(15)14(18)16-11(8-13(17)19-3)12-5-4-6-20-12/h4-6,9-11H,7-8,15H2,1-3H3,(H,16,18)/t10-,11?/m1/s1. The second-order valence-electron chi connectivity index (χ2n) is 5.09. The van der Waals surface area contributed by atoms with Crippen LogP contribution in [-0.4, -0.2) is 25.0 Å². The SMILES string of the molecule is COC(=O)CC(NC(=O)[C@H](N)CC(C)C)c1cccs1. The molecule has 0 aliphatic carbocycles. The van der Waals surface area contributed by atoms with Gasteiger partial charge in [0.1, 0.15) is 0 Å². The highest BCUT2D eigenvalue weighted by molar-refractivity contribution is 7.10. The Morgan fingerprint density at radius 2 is 2.15 bits per heavy atom. The number of methoxy groups -OCH3 is 1. The van der Waals surface area contributed by atoms with Crippen LogP contribution in [0.3, 0.4) is 0 Å². The van der Waals surface area contributed by atoms with Gasteiger partial charge in [-0.05, 0) is 23.8 Å². The summed E-state index contributed by atoms with van der Waals surface area (Å²) in [6.45, 7) is 4.02. The number of hydrogen-bond donors (Lipinski definition) is 2. The number of nitrogens with two attached hydrogens (primary N) is 1. The summed E-state index contributed by atoms with van der Waals surface area (Å²) < 4.78 is 4.67. The molecule has 0 aromatic carbocycles. The zero-order valence-electron chi connectivity index (χ0n) is 12.1. The van der Waals surface area contributed by atoms with Crippen molar-refractivity contribution < 1.29 is 14.3 Å². The van der Waals surface area contributed by atoms with Gasteiger partial charge in [-0.3, -0.25) is 9.59 Å². The fourth-order valence-corrected chi connectivity index (χ4v) is 2.63. The Bertz CT molecular complexity index is 432. The van der Waals surface area contributed by atoms with Gasteiger partial charge in [-0.15, -0.1) is 11.3 Å². The van der Waals surface area contributed by atoms with Gasteiger partial charge in [-0.2, -0.15) is 0 Å². The fourth-order valence-electron chi connectivity index (χ4n) is 1.86. The van der Waals surface area contributed by atoms with Gasteiger partial charge in [0.05, 0.1) is 25.6 Å². The number of rotatable bonds is 7. The van der Waals surface area contributed by atoms with Crippen LogP contribution in [0.25, 0.3) is 0 Å². The van der Waals surface area contributed by atoms with Crippen molar-refractivity contribution in [2.45, 2.75) is 38.8 Å². The van der Waals surface area contributed by atoms with E-state index in [-0.39, 0.29) is 24.3 Å². The van der Waals surface area contributed by atoms with Crippen LogP contribution in [0, 0.1) is 5.92 Å². The summed E-state index contributed by atoms with van der Waals surface area (Å²) in [5.41, 5.74) is 5.86. The van der Waals surface area contributed by atoms with Crippen LogP contribution in [0.15, 0.2) is 17.5 Å². The third-order valence-corrected chi connectivity index (χ3v) is 3.85. The van der Waals surface area contributed by atoms with Crippen LogP contribution in [0.2, 0.25) is 0 Å². The largest absolute Gasteiger partial charge is 0.469 e. The van der Waals surface area contributed by atoms with Gasteiger partial charge >= 0.3 is 5.97 Å². The summed E-state index contributed by atoms with van der Waals surface area (Å²) in [6, 6.07) is 2.82. The Hall–Kier alpha value is -1.40. The maximum Gasteiger partial charge on any atom is 0.307 e. The lowest BCUT2D eigenvalue weighted by molar-refractivity contribution is -0.141. The number of carbonyl (C=O) groups is 2. The smallest absolute Gasteiger partial charge is 0.307 e. The summed E-state index contributed by atoms with van der Waals surface area (Å²) in [5, 5.41) is 4.74. The second-order valence-corrected chi connectivity index (χ2v) is 6.07. The molecular weight excluding hydrogens is 276 g/mol. The average Bonchev–Trinajstić information content (AvgIpc) is 2.90. The van der Waals surface area contributed by atoms with E-state index in [1.165, 1.54) is 18.4 Å². The van der Waals surface area contributed by atoms with Gasteiger partial charge in [0.25, 0.3) is 0 Å². The van der Waals surface area contributed by atoms with Crippen molar-refractivity contribution >= 4 is 23.2 Å². The highest BCUT2D eigenvalue weighted by Gasteiger charge is 2.23. The first-order valence-corrected chi connectivity index (χ1v) is 7.48. The van der Waals surface area contributed by atoms with Crippen LogP contribution in [0.5, 0.6) is 0 Å². The first kappa shape index (κ1) is 16.7.